The molecule has 0 radical (unpaired) electrons. The van der Waals surface area contributed by atoms with Crippen molar-refractivity contribution in [2.24, 2.45) is 0 Å². The van der Waals surface area contributed by atoms with E-state index >= 15 is 0 Å². The van der Waals surface area contributed by atoms with Crippen molar-refractivity contribution in [3.8, 4) is 0 Å². The highest BCUT2D eigenvalue weighted by atomic mass is 16.5. The van der Waals surface area contributed by atoms with Crippen LogP contribution < -0.4 is 4.90 Å². The summed E-state index contributed by atoms with van der Waals surface area (Å²) in [6, 6.07) is 14.9. The lowest BCUT2D eigenvalue weighted by molar-refractivity contribution is -0.128. The summed E-state index contributed by atoms with van der Waals surface area (Å²) in [5.41, 5.74) is 3.37. The number of carbonyl (C=O) groups is 3. The van der Waals surface area contributed by atoms with E-state index < -0.39 is 12.1 Å². The Bertz CT molecular complexity index is 969. The van der Waals surface area contributed by atoms with Crippen LogP contribution in [0.15, 0.2) is 48.5 Å². The summed E-state index contributed by atoms with van der Waals surface area (Å²) in [6.45, 7) is 4.94. The average Bonchev–Trinajstić information content (AvgIpc) is 3.29. The molecule has 1 fully saturated rings. The van der Waals surface area contributed by atoms with Gasteiger partial charge in [-0.2, -0.15) is 0 Å². The van der Waals surface area contributed by atoms with Crippen LogP contribution >= 0.6 is 0 Å². The third-order valence-electron chi connectivity index (χ3n) is 5.81. The van der Waals surface area contributed by atoms with Crippen molar-refractivity contribution < 1.29 is 19.1 Å². The normalized spacial score (nSPS) is 19.0. The minimum absolute atomic E-state index is 0.0311. The van der Waals surface area contributed by atoms with Gasteiger partial charge >= 0.3 is 5.97 Å². The predicted octanol–water partition coefficient (Wildman–Crippen LogP) is 3.33. The van der Waals surface area contributed by atoms with Crippen LogP contribution in [0.4, 0.5) is 5.69 Å². The first-order chi connectivity index (χ1) is 14.4. The average molecular weight is 406 g/mol. The van der Waals surface area contributed by atoms with Gasteiger partial charge in [-0.15, -0.1) is 0 Å². The maximum Gasteiger partial charge on any atom is 0.338 e. The fourth-order valence-electron chi connectivity index (χ4n) is 4.21. The summed E-state index contributed by atoms with van der Waals surface area (Å²) in [6.07, 6.45) is 1.42. The number of ether oxygens (including phenoxy) is 1. The van der Waals surface area contributed by atoms with Crippen LogP contribution in [0.3, 0.4) is 0 Å². The molecule has 2 aliphatic heterocycles. The molecule has 0 N–H and O–H groups in total. The first-order valence-electron chi connectivity index (χ1n) is 10.4. The van der Waals surface area contributed by atoms with Crippen molar-refractivity contribution in [2.75, 3.05) is 11.4 Å². The molecular weight excluding hydrogens is 380 g/mol. The maximum absolute atomic E-state index is 13.0. The molecule has 6 nitrogen and oxygen atoms in total. The minimum Gasteiger partial charge on any atom is -0.449 e. The van der Waals surface area contributed by atoms with E-state index in [4.69, 9.17) is 4.74 Å². The summed E-state index contributed by atoms with van der Waals surface area (Å²) >= 11 is 0. The molecule has 2 heterocycles. The molecule has 2 aromatic carbocycles. The lowest BCUT2D eigenvalue weighted by Crippen LogP contribution is -2.43. The van der Waals surface area contributed by atoms with Crippen LogP contribution in [0.1, 0.15) is 48.2 Å². The second kappa shape index (κ2) is 8.30. The first-order valence-corrected chi connectivity index (χ1v) is 10.4. The Kier molecular flexibility index (Phi) is 5.57. The van der Waals surface area contributed by atoms with Crippen LogP contribution in [-0.4, -0.2) is 41.4 Å². The van der Waals surface area contributed by atoms with Gasteiger partial charge in [0.25, 0.3) is 5.91 Å². The highest BCUT2D eigenvalue weighted by molar-refractivity contribution is 6.00. The van der Waals surface area contributed by atoms with E-state index in [1.54, 1.807) is 24.0 Å². The third-order valence-corrected chi connectivity index (χ3v) is 5.81. The molecular formula is C24H26N2O4. The van der Waals surface area contributed by atoms with E-state index in [-0.39, 0.29) is 17.9 Å². The second-order valence-corrected chi connectivity index (χ2v) is 8.05. The number of benzene rings is 2. The van der Waals surface area contributed by atoms with E-state index in [0.717, 1.165) is 36.2 Å². The zero-order chi connectivity index (χ0) is 21.3. The number of rotatable bonds is 5. The fraction of sp³-hybridized carbons (Fsp3) is 0.375. The number of para-hydroxylation sites is 1. The van der Waals surface area contributed by atoms with Gasteiger partial charge in [-0.1, -0.05) is 30.3 Å². The molecule has 2 aliphatic rings. The van der Waals surface area contributed by atoms with Crippen LogP contribution in [-0.2, 0) is 27.3 Å². The minimum atomic E-state index is -0.881. The number of amides is 2. The van der Waals surface area contributed by atoms with Crippen molar-refractivity contribution >= 4 is 23.5 Å². The smallest absolute Gasteiger partial charge is 0.338 e. The predicted molar refractivity (Wildman–Crippen MR) is 113 cm³/mol. The number of hydrogen-bond acceptors (Lipinski definition) is 4. The van der Waals surface area contributed by atoms with Gasteiger partial charge in [0, 0.05) is 31.2 Å². The van der Waals surface area contributed by atoms with Crippen LogP contribution in [0, 0.1) is 0 Å². The number of esters is 1. The Morgan fingerprint density at radius 1 is 1.13 bits per heavy atom. The molecule has 156 valence electrons. The number of fused-ring (bicyclic) bond motifs is 1. The van der Waals surface area contributed by atoms with E-state index in [2.05, 4.69) is 0 Å². The summed E-state index contributed by atoms with van der Waals surface area (Å²) < 4.78 is 5.47. The summed E-state index contributed by atoms with van der Waals surface area (Å²) in [5, 5.41) is 0. The molecule has 0 aromatic heterocycles. The quantitative estimate of drug-likeness (QED) is 0.715. The molecule has 2 amide bonds. The molecule has 0 unspecified atom stereocenters. The van der Waals surface area contributed by atoms with Crippen molar-refractivity contribution in [2.45, 2.75) is 51.8 Å². The first kappa shape index (κ1) is 20.1. The maximum atomic E-state index is 13.0. The van der Waals surface area contributed by atoms with Gasteiger partial charge in [0.1, 0.15) is 0 Å². The Balaban J connectivity index is 1.38. The molecule has 0 bridgehead atoms. The van der Waals surface area contributed by atoms with E-state index in [9.17, 15) is 14.4 Å². The Labute approximate surface area is 176 Å². The largest absolute Gasteiger partial charge is 0.449 e. The lowest BCUT2D eigenvalue weighted by atomic mass is 10.1. The number of hydrogen-bond donors (Lipinski definition) is 0. The second-order valence-electron chi connectivity index (χ2n) is 8.05. The Hall–Kier alpha value is -3.15. The van der Waals surface area contributed by atoms with Gasteiger partial charge in [-0.05, 0) is 56.0 Å². The molecule has 0 spiro atoms. The van der Waals surface area contributed by atoms with Gasteiger partial charge in [-0.3, -0.25) is 9.59 Å². The van der Waals surface area contributed by atoms with Crippen molar-refractivity contribution in [1.82, 2.24) is 4.90 Å². The monoisotopic (exact) mass is 406 g/mol. The van der Waals surface area contributed by atoms with E-state index in [1.165, 1.54) is 0 Å². The van der Waals surface area contributed by atoms with Gasteiger partial charge in [0.2, 0.25) is 5.91 Å². The van der Waals surface area contributed by atoms with Crippen LogP contribution in [0.5, 0.6) is 0 Å². The van der Waals surface area contributed by atoms with Gasteiger partial charge in [-0.25, -0.2) is 4.79 Å². The molecule has 2 aromatic rings. The van der Waals surface area contributed by atoms with Crippen LogP contribution in [0.2, 0.25) is 0 Å². The Morgan fingerprint density at radius 3 is 2.57 bits per heavy atom. The Morgan fingerprint density at radius 2 is 1.87 bits per heavy atom. The SMILES string of the molecule is C[C@@H]1Cc2ccccc2N1C(=O)[C@@H](C)OC(=O)c1ccc(CN2CCCC2=O)cc1. The zero-order valence-electron chi connectivity index (χ0n) is 17.3. The number of nitrogens with zero attached hydrogens (tertiary/aromatic N) is 2. The fourth-order valence-corrected chi connectivity index (χ4v) is 4.21. The number of anilines is 1. The molecule has 2 atom stereocenters. The number of likely N-dealkylation sites (tertiary alicyclic amines) is 1. The molecule has 1 saturated heterocycles. The topological polar surface area (TPSA) is 66.9 Å². The summed E-state index contributed by atoms with van der Waals surface area (Å²) in [4.78, 5) is 40.8. The van der Waals surface area contributed by atoms with E-state index in [1.807, 2.05) is 48.2 Å². The van der Waals surface area contributed by atoms with Crippen molar-refractivity contribution in [3.63, 3.8) is 0 Å². The van der Waals surface area contributed by atoms with Gasteiger partial charge in [0.15, 0.2) is 6.10 Å². The molecule has 0 aliphatic carbocycles. The molecule has 6 heteroatoms. The third kappa shape index (κ3) is 3.95. The van der Waals surface area contributed by atoms with Gasteiger partial charge in [0.05, 0.1) is 5.56 Å². The number of carbonyl (C=O) groups excluding carboxylic acids is 3. The van der Waals surface area contributed by atoms with Crippen LogP contribution in [0.25, 0.3) is 0 Å². The molecule has 4 rings (SSSR count). The lowest BCUT2D eigenvalue weighted by Gasteiger charge is -2.26. The van der Waals surface area contributed by atoms with E-state index in [0.29, 0.717) is 18.5 Å². The summed E-state index contributed by atoms with van der Waals surface area (Å²) in [5.74, 6) is -0.576. The molecule has 30 heavy (non-hydrogen) atoms. The van der Waals surface area contributed by atoms with Crippen molar-refractivity contribution in [3.05, 3.63) is 65.2 Å². The highest BCUT2D eigenvalue weighted by Crippen LogP contribution is 2.32. The highest BCUT2D eigenvalue weighted by Gasteiger charge is 2.34. The summed E-state index contributed by atoms with van der Waals surface area (Å²) in [7, 11) is 0. The zero-order valence-corrected chi connectivity index (χ0v) is 17.3. The van der Waals surface area contributed by atoms with Crippen molar-refractivity contribution in [1.29, 1.82) is 0 Å². The van der Waals surface area contributed by atoms with Gasteiger partial charge < -0.3 is 14.5 Å². The molecule has 0 saturated carbocycles. The standard InChI is InChI=1S/C24H26N2O4/c1-16-14-20-6-3-4-7-21(20)26(16)23(28)17(2)30-24(29)19-11-9-18(10-12-19)15-25-13-5-8-22(25)27/h3-4,6-7,9-12,16-17H,5,8,13-15H2,1-2H3/t16-,17-/m1/s1.